The van der Waals surface area contributed by atoms with Gasteiger partial charge in [0.25, 0.3) is 5.56 Å². The predicted molar refractivity (Wildman–Crippen MR) is 66.5 cm³/mol. The molecule has 2 aromatic heterocycles. The molecule has 1 unspecified atom stereocenters. The Hall–Kier alpha value is -1.89. The lowest BCUT2D eigenvalue weighted by Gasteiger charge is -2.10. The predicted octanol–water partition coefficient (Wildman–Crippen LogP) is -0.795. The van der Waals surface area contributed by atoms with Crippen molar-refractivity contribution in [3.63, 3.8) is 0 Å². The minimum absolute atomic E-state index is 0.292. The van der Waals surface area contributed by atoms with Gasteiger partial charge in [0.2, 0.25) is 0 Å². The molecule has 0 saturated heterocycles. The number of rotatable bonds is 3. The van der Waals surface area contributed by atoms with Crippen molar-refractivity contribution in [2.75, 3.05) is 0 Å². The number of nitrogens with zero attached hydrogens (tertiary/aromatic N) is 4. The summed E-state index contributed by atoms with van der Waals surface area (Å²) in [5.74, 6) is 0. The van der Waals surface area contributed by atoms with Crippen LogP contribution in [0.1, 0.15) is 13.3 Å². The summed E-state index contributed by atoms with van der Waals surface area (Å²) >= 11 is 0. The number of fused-ring (bicyclic) bond motifs is 1. The topological polar surface area (TPSA) is 82.1 Å². The summed E-state index contributed by atoms with van der Waals surface area (Å²) in [5, 5.41) is 9.65. The Labute approximate surface area is 103 Å². The molecule has 0 aliphatic heterocycles. The fraction of sp³-hybridized carbons (Fsp3) is 0.545. The van der Waals surface area contributed by atoms with E-state index < -0.39 is 17.4 Å². The molecule has 0 radical (unpaired) electrons. The van der Waals surface area contributed by atoms with Gasteiger partial charge in [-0.3, -0.25) is 13.9 Å². The standard InChI is InChI=1S/C11H16N4O3/c1-4-7(16)5-15-6-12-9-8(15)10(17)14(3)11(18)13(9)2/h6-7,16H,4-5H2,1-3H3. The highest BCUT2D eigenvalue weighted by molar-refractivity contribution is 5.69. The largest absolute Gasteiger partial charge is 0.391 e. The molecule has 0 amide bonds. The van der Waals surface area contributed by atoms with Crippen molar-refractivity contribution < 1.29 is 5.11 Å². The first-order valence-electron chi connectivity index (χ1n) is 5.76. The van der Waals surface area contributed by atoms with E-state index in [1.54, 1.807) is 11.6 Å². The lowest BCUT2D eigenvalue weighted by molar-refractivity contribution is 0.151. The van der Waals surface area contributed by atoms with Crippen molar-refractivity contribution in [3.05, 3.63) is 27.2 Å². The summed E-state index contributed by atoms with van der Waals surface area (Å²) in [4.78, 5) is 27.8. The SMILES string of the molecule is CCC(O)Cn1cnc2c1c(=O)n(C)c(=O)n2C. The molecule has 0 bridgehead atoms. The van der Waals surface area contributed by atoms with E-state index in [-0.39, 0.29) is 0 Å². The Bertz CT molecular complexity index is 695. The number of aryl methyl sites for hydroxylation is 1. The zero-order chi connectivity index (χ0) is 13.4. The van der Waals surface area contributed by atoms with Gasteiger partial charge in [-0.15, -0.1) is 0 Å². The lowest BCUT2D eigenvalue weighted by atomic mass is 10.3. The molecule has 2 heterocycles. The second kappa shape index (κ2) is 4.41. The van der Waals surface area contributed by atoms with Gasteiger partial charge in [0.15, 0.2) is 11.2 Å². The summed E-state index contributed by atoms with van der Waals surface area (Å²) in [6.07, 6.45) is 1.53. The average molecular weight is 252 g/mol. The summed E-state index contributed by atoms with van der Waals surface area (Å²) in [7, 11) is 3.00. The Morgan fingerprint density at radius 3 is 2.61 bits per heavy atom. The van der Waals surface area contributed by atoms with Gasteiger partial charge in [0.05, 0.1) is 19.0 Å². The van der Waals surface area contributed by atoms with Crippen LogP contribution in [-0.4, -0.2) is 29.9 Å². The Morgan fingerprint density at radius 1 is 1.33 bits per heavy atom. The molecule has 0 spiro atoms. The first-order chi connectivity index (χ1) is 8.47. The van der Waals surface area contributed by atoms with Crippen LogP contribution >= 0.6 is 0 Å². The number of hydrogen-bond donors (Lipinski definition) is 1. The molecule has 1 N–H and O–H groups in total. The van der Waals surface area contributed by atoms with E-state index in [2.05, 4.69) is 4.98 Å². The summed E-state index contributed by atoms with van der Waals surface area (Å²) in [5.41, 5.74) is -0.124. The van der Waals surface area contributed by atoms with Crippen LogP contribution < -0.4 is 11.2 Å². The molecular formula is C11H16N4O3. The van der Waals surface area contributed by atoms with Gasteiger partial charge in [0.1, 0.15) is 0 Å². The molecule has 0 aliphatic rings. The molecule has 7 nitrogen and oxygen atoms in total. The maximum atomic E-state index is 12.1. The van der Waals surface area contributed by atoms with Crippen molar-refractivity contribution in [3.8, 4) is 0 Å². The van der Waals surface area contributed by atoms with E-state index in [1.807, 2.05) is 6.92 Å². The Balaban J connectivity index is 2.74. The Kier molecular flexibility index (Phi) is 3.08. The summed E-state index contributed by atoms with van der Waals surface area (Å²) in [6.45, 7) is 2.15. The third-order valence-electron chi connectivity index (χ3n) is 3.10. The number of hydrogen-bond acceptors (Lipinski definition) is 4. The van der Waals surface area contributed by atoms with Crippen LogP contribution in [0.5, 0.6) is 0 Å². The highest BCUT2D eigenvalue weighted by Gasteiger charge is 2.15. The van der Waals surface area contributed by atoms with Crippen molar-refractivity contribution in [1.82, 2.24) is 18.7 Å². The second-order valence-electron chi connectivity index (χ2n) is 4.34. The third kappa shape index (κ3) is 1.76. The van der Waals surface area contributed by atoms with Crippen LogP contribution in [0.4, 0.5) is 0 Å². The third-order valence-corrected chi connectivity index (χ3v) is 3.10. The first kappa shape index (κ1) is 12.6. The highest BCUT2D eigenvalue weighted by Crippen LogP contribution is 2.07. The normalized spacial score (nSPS) is 13.1. The van der Waals surface area contributed by atoms with Crippen LogP contribution in [0.3, 0.4) is 0 Å². The van der Waals surface area contributed by atoms with E-state index in [4.69, 9.17) is 0 Å². The molecule has 98 valence electrons. The fourth-order valence-corrected chi connectivity index (χ4v) is 1.89. The van der Waals surface area contributed by atoms with Crippen LogP contribution in [0.15, 0.2) is 15.9 Å². The van der Waals surface area contributed by atoms with Gasteiger partial charge in [-0.2, -0.15) is 0 Å². The van der Waals surface area contributed by atoms with E-state index in [9.17, 15) is 14.7 Å². The minimum atomic E-state index is -0.538. The van der Waals surface area contributed by atoms with Crippen molar-refractivity contribution in [2.45, 2.75) is 26.0 Å². The quantitative estimate of drug-likeness (QED) is 0.775. The van der Waals surface area contributed by atoms with E-state index >= 15 is 0 Å². The number of aliphatic hydroxyl groups excluding tert-OH is 1. The molecule has 0 fully saturated rings. The molecule has 2 aromatic rings. The van der Waals surface area contributed by atoms with Crippen molar-refractivity contribution in [1.29, 1.82) is 0 Å². The maximum Gasteiger partial charge on any atom is 0.332 e. The lowest BCUT2D eigenvalue weighted by Crippen LogP contribution is -2.37. The molecule has 0 aliphatic carbocycles. The molecular weight excluding hydrogens is 236 g/mol. The minimum Gasteiger partial charge on any atom is -0.391 e. The summed E-state index contributed by atoms with van der Waals surface area (Å²) in [6, 6.07) is 0. The fourth-order valence-electron chi connectivity index (χ4n) is 1.89. The smallest absolute Gasteiger partial charge is 0.332 e. The first-order valence-corrected chi connectivity index (χ1v) is 5.76. The molecule has 18 heavy (non-hydrogen) atoms. The average Bonchev–Trinajstić information content (AvgIpc) is 2.77. The molecule has 7 heteroatoms. The van der Waals surface area contributed by atoms with E-state index in [0.29, 0.717) is 24.1 Å². The number of aliphatic hydroxyl groups is 1. The van der Waals surface area contributed by atoms with Crippen LogP contribution in [0, 0.1) is 0 Å². The van der Waals surface area contributed by atoms with Gasteiger partial charge >= 0.3 is 5.69 Å². The van der Waals surface area contributed by atoms with Gasteiger partial charge < -0.3 is 9.67 Å². The van der Waals surface area contributed by atoms with Gasteiger partial charge in [-0.05, 0) is 6.42 Å². The molecule has 0 saturated carbocycles. The van der Waals surface area contributed by atoms with Crippen LogP contribution in [0.2, 0.25) is 0 Å². The van der Waals surface area contributed by atoms with E-state index in [1.165, 1.54) is 17.9 Å². The van der Waals surface area contributed by atoms with Gasteiger partial charge in [-0.25, -0.2) is 9.78 Å². The molecule has 0 aromatic carbocycles. The Morgan fingerprint density at radius 2 is 2.00 bits per heavy atom. The second-order valence-corrected chi connectivity index (χ2v) is 4.34. The summed E-state index contributed by atoms with van der Waals surface area (Å²) < 4.78 is 3.95. The number of aromatic nitrogens is 4. The van der Waals surface area contributed by atoms with Crippen molar-refractivity contribution >= 4 is 11.2 Å². The van der Waals surface area contributed by atoms with Gasteiger partial charge in [0, 0.05) is 14.1 Å². The van der Waals surface area contributed by atoms with Gasteiger partial charge in [-0.1, -0.05) is 6.92 Å². The molecule has 2 rings (SSSR count). The molecule has 1 atom stereocenters. The highest BCUT2D eigenvalue weighted by atomic mass is 16.3. The maximum absolute atomic E-state index is 12.1. The zero-order valence-electron chi connectivity index (χ0n) is 10.6. The van der Waals surface area contributed by atoms with E-state index in [0.717, 1.165) is 4.57 Å². The zero-order valence-corrected chi connectivity index (χ0v) is 10.6. The number of imidazole rings is 1. The van der Waals surface area contributed by atoms with Crippen LogP contribution in [-0.2, 0) is 20.6 Å². The monoisotopic (exact) mass is 252 g/mol. The van der Waals surface area contributed by atoms with Crippen molar-refractivity contribution in [2.24, 2.45) is 14.1 Å². The van der Waals surface area contributed by atoms with Crippen LogP contribution in [0.25, 0.3) is 11.2 Å².